The molecule has 1 N–H and O–H groups in total. The summed E-state index contributed by atoms with van der Waals surface area (Å²) in [4.78, 5) is 30.7. The fraction of sp³-hybridized carbons (Fsp3) is 0.533. The van der Waals surface area contributed by atoms with Crippen molar-refractivity contribution in [2.45, 2.75) is 13.1 Å². The number of piperazine rings is 1. The summed E-state index contributed by atoms with van der Waals surface area (Å²) in [6, 6.07) is 2.54. The maximum atomic E-state index is 12.1. The predicted molar refractivity (Wildman–Crippen MR) is 83.4 cm³/mol. The molecule has 1 aromatic rings. The highest BCUT2D eigenvalue weighted by Crippen LogP contribution is 2.16. The molecule has 0 atom stereocenters. The molecule has 2 heterocycles. The van der Waals surface area contributed by atoms with Crippen LogP contribution in [0, 0.1) is 0 Å². The van der Waals surface area contributed by atoms with Gasteiger partial charge in [0.05, 0.1) is 12.2 Å². The third-order valence-corrected chi connectivity index (χ3v) is 3.59. The van der Waals surface area contributed by atoms with Crippen LogP contribution in [0.3, 0.4) is 0 Å². The molecule has 1 aromatic heterocycles. The molecule has 1 saturated heterocycles. The Morgan fingerprint density at radius 1 is 1.24 bits per heavy atom. The van der Waals surface area contributed by atoms with E-state index in [9.17, 15) is 22.8 Å². The fourth-order valence-electron chi connectivity index (χ4n) is 2.33. The van der Waals surface area contributed by atoms with Crippen LogP contribution in [-0.2, 0) is 4.74 Å². The highest BCUT2D eigenvalue weighted by molar-refractivity contribution is 5.89. The van der Waals surface area contributed by atoms with E-state index < -0.39 is 24.7 Å². The topological polar surface area (TPSA) is 74.8 Å². The zero-order valence-electron chi connectivity index (χ0n) is 13.7. The molecule has 0 saturated carbocycles. The van der Waals surface area contributed by atoms with Gasteiger partial charge in [0.15, 0.2) is 0 Å². The first-order valence-electron chi connectivity index (χ1n) is 7.78. The van der Waals surface area contributed by atoms with Crippen molar-refractivity contribution in [3.63, 3.8) is 0 Å². The summed E-state index contributed by atoms with van der Waals surface area (Å²) >= 11 is 0. The number of ether oxygens (including phenoxy) is 1. The average molecular weight is 360 g/mol. The number of hydrogen-bond donors (Lipinski definition) is 1. The lowest BCUT2D eigenvalue weighted by molar-refractivity contribution is -0.123. The van der Waals surface area contributed by atoms with Gasteiger partial charge in [0.2, 0.25) is 0 Å². The first-order valence-corrected chi connectivity index (χ1v) is 7.78. The number of nitrogens with zero attached hydrogens (tertiary/aromatic N) is 3. The zero-order valence-corrected chi connectivity index (χ0v) is 13.7. The zero-order chi connectivity index (χ0) is 18.4. The van der Waals surface area contributed by atoms with Crippen molar-refractivity contribution in [3.05, 3.63) is 23.9 Å². The van der Waals surface area contributed by atoms with Gasteiger partial charge >= 0.3 is 18.2 Å². The van der Waals surface area contributed by atoms with E-state index in [2.05, 4.69) is 4.98 Å². The molecule has 0 aromatic carbocycles. The average Bonchev–Trinajstić information content (AvgIpc) is 2.59. The molecular formula is C15H19F3N4O3. The Labute approximate surface area is 142 Å². The lowest BCUT2D eigenvalue weighted by atomic mass is 10.2. The van der Waals surface area contributed by atoms with Crippen LogP contribution in [0.2, 0.25) is 0 Å². The summed E-state index contributed by atoms with van der Waals surface area (Å²) in [5.74, 6) is 0.177. The number of carbonyl (C=O) groups excluding carboxylic acids is 2. The van der Waals surface area contributed by atoms with Crippen LogP contribution >= 0.6 is 0 Å². The number of anilines is 1. The van der Waals surface area contributed by atoms with E-state index in [0.29, 0.717) is 24.5 Å². The molecule has 0 bridgehead atoms. The third kappa shape index (κ3) is 5.50. The summed E-state index contributed by atoms with van der Waals surface area (Å²) in [5.41, 5.74) is 0.343. The SMILES string of the molecule is CCOC(=O)c1ccc(N2CCN(C(=O)NCC(F)(F)F)CC2)nc1. The van der Waals surface area contributed by atoms with Crippen molar-refractivity contribution in [1.82, 2.24) is 15.2 Å². The molecular weight excluding hydrogens is 341 g/mol. The molecule has 7 nitrogen and oxygen atoms in total. The quantitative estimate of drug-likeness (QED) is 0.827. The number of alkyl halides is 3. The molecule has 1 aliphatic heterocycles. The van der Waals surface area contributed by atoms with E-state index in [0.717, 1.165) is 0 Å². The number of carbonyl (C=O) groups is 2. The maximum absolute atomic E-state index is 12.1. The Kier molecular flexibility index (Phi) is 6.05. The molecule has 138 valence electrons. The number of nitrogens with one attached hydrogen (secondary N) is 1. The molecule has 0 aliphatic carbocycles. The minimum atomic E-state index is -4.43. The van der Waals surface area contributed by atoms with Gasteiger partial charge in [0.1, 0.15) is 12.4 Å². The van der Waals surface area contributed by atoms with Crippen LogP contribution < -0.4 is 10.2 Å². The molecule has 1 fully saturated rings. The first kappa shape index (κ1) is 18.8. The smallest absolute Gasteiger partial charge is 0.405 e. The summed E-state index contributed by atoms with van der Waals surface area (Å²) in [6.07, 6.45) is -3.02. The van der Waals surface area contributed by atoms with Crippen molar-refractivity contribution in [2.24, 2.45) is 0 Å². The van der Waals surface area contributed by atoms with Gasteiger partial charge in [0.25, 0.3) is 0 Å². The number of halogens is 3. The highest BCUT2D eigenvalue weighted by Gasteiger charge is 2.29. The van der Waals surface area contributed by atoms with Crippen LogP contribution in [0.25, 0.3) is 0 Å². The van der Waals surface area contributed by atoms with E-state index in [1.165, 1.54) is 11.1 Å². The second kappa shape index (κ2) is 8.04. The van der Waals surface area contributed by atoms with Crippen molar-refractivity contribution in [2.75, 3.05) is 44.2 Å². The normalized spacial score (nSPS) is 15.0. The Morgan fingerprint density at radius 2 is 1.92 bits per heavy atom. The van der Waals surface area contributed by atoms with Gasteiger partial charge in [-0.15, -0.1) is 0 Å². The molecule has 0 unspecified atom stereocenters. The van der Waals surface area contributed by atoms with Gasteiger partial charge in [0, 0.05) is 32.4 Å². The summed E-state index contributed by atoms with van der Waals surface area (Å²) < 4.78 is 41.2. The minimum Gasteiger partial charge on any atom is -0.462 e. The van der Waals surface area contributed by atoms with Gasteiger partial charge < -0.3 is 19.9 Å². The standard InChI is InChI=1S/C15H19F3N4O3/c1-2-25-13(23)11-3-4-12(19-9-11)21-5-7-22(8-6-21)14(24)20-10-15(16,17)18/h3-4,9H,2,5-8,10H2,1H3,(H,20,24). The van der Waals surface area contributed by atoms with Crippen molar-refractivity contribution in [1.29, 1.82) is 0 Å². The molecule has 1 aliphatic rings. The Morgan fingerprint density at radius 3 is 2.44 bits per heavy atom. The molecule has 0 radical (unpaired) electrons. The van der Waals surface area contributed by atoms with Crippen LogP contribution in [0.5, 0.6) is 0 Å². The minimum absolute atomic E-state index is 0.277. The van der Waals surface area contributed by atoms with Crippen molar-refractivity contribution >= 4 is 17.8 Å². The number of urea groups is 1. The first-order chi connectivity index (χ1) is 11.8. The second-order valence-corrected chi connectivity index (χ2v) is 5.37. The number of rotatable bonds is 4. The van der Waals surface area contributed by atoms with E-state index in [1.54, 1.807) is 19.1 Å². The van der Waals surface area contributed by atoms with E-state index in [-0.39, 0.29) is 19.7 Å². The number of aromatic nitrogens is 1. The number of pyridine rings is 1. The second-order valence-electron chi connectivity index (χ2n) is 5.37. The summed E-state index contributed by atoms with van der Waals surface area (Å²) in [5, 5.41) is 1.86. The third-order valence-electron chi connectivity index (χ3n) is 3.59. The number of esters is 1. The van der Waals surface area contributed by atoms with Gasteiger partial charge in [-0.2, -0.15) is 13.2 Å². The summed E-state index contributed by atoms with van der Waals surface area (Å²) in [7, 11) is 0. The lowest BCUT2D eigenvalue weighted by Gasteiger charge is -2.35. The molecule has 10 heteroatoms. The Hall–Kier alpha value is -2.52. The molecule has 0 spiro atoms. The Balaban J connectivity index is 1.85. The maximum Gasteiger partial charge on any atom is 0.405 e. The predicted octanol–water partition coefficient (Wildman–Crippen LogP) is 1.65. The van der Waals surface area contributed by atoms with E-state index >= 15 is 0 Å². The van der Waals surface area contributed by atoms with Gasteiger partial charge in [-0.1, -0.05) is 0 Å². The lowest BCUT2D eigenvalue weighted by Crippen LogP contribution is -2.53. The van der Waals surface area contributed by atoms with E-state index in [4.69, 9.17) is 4.74 Å². The van der Waals surface area contributed by atoms with Crippen molar-refractivity contribution in [3.8, 4) is 0 Å². The monoisotopic (exact) mass is 360 g/mol. The molecule has 2 rings (SSSR count). The van der Waals surface area contributed by atoms with Crippen LogP contribution in [0.1, 0.15) is 17.3 Å². The molecule has 25 heavy (non-hydrogen) atoms. The fourth-order valence-corrected chi connectivity index (χ4v) is 2.33. The van der Waals surface area contributed by atoms with Gasteiger partial charge in [-0.25, -0.2) is 14.6 Å². The Bertz CT molecular complexity index is 599. The molecule has 2 amide bonds. The highest BCUT2D eigenvalue weighted by atomic mass is 19.4. The van der Waals surface area contributed by atoms with Crippen LogP contribution in [0.15, 0.2) is 18.3 Å². The van der Waals surface area contributed by atoms with Crippen LogP contribution in [-0.4, -0.2) is 67.4 Å². The largest absolute Gasteiger partial charge is 0.462 e. The summed E-state index contributed by atoms with van der Waals surface area (Å²) in [6.45, 7) is 2.08. The van der Waals surface area contributed by atoms with Crippen molar-refractivity contribution < 1.29 is 27.5 Å². The number of hydrogen-bond acceptors (Lipinski definition) is 5. The van der Waals surface area contributed by atoms with Crippen LogP contribution in [0.4, 0.5) is 23.8 Å². The number of amides is 2. The van der Waals surface area contributed by atoms with Gasteiger partial charge in [-0.3, -0.25) is 0 Å². The van der Waals surface area contributed by atoms with Gasteiger partial charge in [-0.05, 0) is 19.1 Å². The van der Waals surface area contributed by atoms with E-state index in [1.807, 2.05) is 10.2 Å².